The zero-order valence-corrected chi connectivity index (χ0v) is 4.36. The van der Waals surface area contributed by atoms with Gasteiger partial charge in [0.25, 0.3) is 0 Å². The van der Waals surface area contributed by atoms with E-state index in [1.54, 1.807) is 0 Å². The fraction of sp³-hybridized carbons (Fsp3) is 0.667. The van der Waals surface area contributed by atoms with Crippen molar-refractivity contribution in [2.45, 2.75) is 0 Å². The maximum atomic E-state index is 10.2. The van der Waals surface area contributed by atoms with Crippen molar-refractivity contribution in [3.05, 3.63) is 0 Å². The van der Waals surface area contributed by atoms with E-state index in [9.17, 15) is 9.00 Å². The van der Waals surface area contributed by atoms with Crippen LogP contribution in [0, 0.1) is 0 Å². The topological polar surface area (TPSA) is 43.4 Å². The van der Waals surface area contributed by atoms with E-state index in [0.29, 0.717) is 12.4 Å². The second-order valence-corrected chi connectivity index (χ2v) is 2.58. The van der Waals surface area contributed by atoms with Crippen LogP contribution >= 0.6 is 0 Å². The molecular formula is C3H4O3S. The van der Waals surface area contributed by atoms with Gasteiger partial charge in [-0.2, -0.15) is 0 Å². The molecule has 40 valence electrons. The van der Waals surface area contributed by atoms with Crippen molar-refractivity contribution in [2.24, 2.45) is 0 Å². The van der Waals surface area contributed by atoms with E-state index in [2.05, 4.69) is 4.74 Å². The van der Waals surface area contributed by atoms with Crippen LogP contribution in [0.25, 0.3) is 0 Å². The molecule has 0 aromatic rings. The summed E-state index contributed by atoms with van der Waals surface area (Å²) in [6, 6.07) is 0. The number of carbonyl (C=O) groups is 1. The first-order valence-corrected chi connectivity index (χ1v) is 3.18. The minimum absolute atomic E-state index is 0.325. The third-order valence-electron chi connectivity index (χ3n) is 0.675. The highest BCUT2D eigenvalue weighted by atomic mass is 32.2. The van der Waals surface area contributed by atoms with Crippen molar-refractivity contribution in [1.82, 2.24) is 0 Å². The van der Waals surface area contributed by atoms with Gasteiger partial charge in [0.05, 0.1) is 5.75 Å². The Hall–Kier alpha value is -0.380. The summed E-state index contributed by atoms with van der Waals surface area (Å²) in [5, 5.41) is -0.569. The maximum Gasteiger partial charge on any atom is 0.397 e. The van der Waals surface area contributed by atoms with Gasteiger partial charge in [0, 0.05) is 0 Å². The van der Waals surface area contributed by atoms with Crippen molar-refractivity contribution in [3.63, 3.8) is 0 Å². The number of hydrogen-bond acceptors (Lipinski definition) is 3. The summed E-state index contributed by atoms with van der Waals surface area (Å²) in [4.78, 5) is 10.1. The van der Waals surface area contributed by atoms with Crippen LogP contribution in [0.1, 0.15) is 0 Å². The highest BCUT2D eigenvalue weighted by Crippen LogP contribution is 1.98. The van der Waals surface area contributed by atoms with Crippen molar-refractivity contribution in [1.29, 1.82) is 0 Å². The summed E-state index contributed by atoms with van der Waals surface area (Å²) in [5.41, 5.74) is 0. The van der Waals surface area contributed by atoms with Gasteiger partial charge in [-0.25, -0.2) is 9.00 Å². The predicted octanol–water partition coefficient (Wildman–Crippen LogP) is -0.115. The SMILES string of the molecule is O=C1OCCS1=O. The molecule has 0 amide bonds. The molecule has 0 spiro atoms. The Morgan fingerprint density at radius 2 is 2.43 bits per heavy atom. The Bertz CT molecular complexity index is 105. The summed E-state index contributed by atoms with van der Waals surface area (Å²) in [5.74, 6) is 0.374. The summed E-state index contributed by atoms with van der Waals surface area (Å²) in [7, 11) is -1.33. The lowest BCUT2D eigenvalue weighted by Gasteiger charge is -1.79. The zero-order valence-electron chi connectivity index (χ0n) is 3.55. The maximum absolute atomic E-state index is 10.2. The van der Waals surface area contributed by atoms with Crippen LogP contribution in [-0.4, -0.2) is 21.9 Å². The van der Waals surface area contributed by atoms with E-state index in [-0.39, 0.29) is 0 Å². The van der Waals surface area contributed by atoms with Gasteiger partial charge >= 0.3 is 5.30 Å². The molecule has 0 saturated carbocycles. The highest BCUT2D eigenvalue weighted by Gasteiger charge is 2.19. The van der Waals surface area contributed by atoms with Crippen LogP contribution in [-0.2, 0) is 15.5 Å². The van der Waals surface area contributed by atoms with Crippen LogP contribution in [0.3, 0.4) is 0 Å². The first-order valence-electron chi connectivity index (χ1n) is 1.86. The van der Waals surface area contributed by atoms with Crippen molar-refractivity contribution >= 4 is 16.1 Å². The first-order chi connectivity index (χ1) is 3.30. The smallest absolute Gasteiger partial charge is 0.397 e. The van der Waals surface area contributed by atoms with Crippen molar-refractivity contribution in [3.8, 4) is 0 Å². The minimum atomic E-state index is -1.33. The second kappa shape index (κ2) is 1.61. The van der Waals surface area contributed by atoms with Crippen LogP contribution < -0.4 is 0 Å². The van der Waals surface area contributed by atoms with E-state index < -0.39 is 16.1 Å². The van der Waals surface area contributed by atoms with E-state index in [1.807, 2.05) is 0 Å². The zero-order chi connectivity index (χ0) is 5.28. The van der Waals surface area contributed by atoms with E-state index in [1.165, 1.54) is 0 Å². The second-order valence-electron chi connectivity index (χ2n) is 1.15. The lowest BCUT2D eigenvalue weighted by molar-refractivity contribution is 0.188. The normalized spacial score (nSPS) is 30.3. The molecule has 0 radical (unpaired) electrons. The number of ether oxygens (including phenoxy) is 1. The molecule has 1 atom stereocenters. The minimum Gasteiger partial charge on any atom is -0.455 e. The number of cyclic esters (lactones) is 1. The number of hydrogen-bond donors (Lipinski definition) is 0. The molecule has 1 unspecified atom stereocenters. The quantitative estimate of drug-likeness (QED) is 0.419. The van der Waals surface area contributed by atoms with Gasteiger partial charge in [0.1, 0.15) is 17.4 Å². The molecule has 4 heteroatoms. The largest absolute Gasteiger partial charge is 0.455 e. The molecule has 1 rings (SSSR count). The highest BCUT2D eigenvalue weighted by molar-refractivity contribution is 8.00. The Kier molecular flexibility index (Phi) is 1.10. The Morgan fingerprint density at radius 1 is 1.71 bits per heavy atom. The Labute approximate surface area is 43.1 Å². The summed E-state index contributed by atoms with van der Waals surface area (Å²) in [6.07, 6.45) is 0. The molecule has 0 bridgehead atoms. The molecule has 1 saturated heterocycles. The van der Waals surface area contributed by atoms with E-state index in [0.717, 1.165) is 0 Å². The first kappa shape index (κ1) is 4.77. The molecule has 0 aliphatic carbocycles. The average molecular weight is 120 g/mol. The molecule has 0 N–H and O–H groups in total. The number of carbonyl (C=O) groups excluding carboxylic acids is 1. The van der Waals surface area contributed by atoms with Crippen LogP contribution in [0.2, 0.25) is 0 Å². The standard InChI is InChI=1S/C3H4O3S/c4-3-6-1-2-7(3)5/h1-2H2. The van der Waals surface area contributed by atoms with Gasteiger partial charge in [0.2, 0.25) is 0 Å². The van der Waals surface area contributed by atoms with Crippen LogP contribution in [0.4, 0.5) is 4.79 Å². The Morgan fingerprint density at radius 3 is 2.57 bits per heavy atom. The lowest BCUT2D eigenvalue weighted by Crippen LogP contribution is -1.95. The van der Waals surface area contributed by atoms with Gasteiger partial charge in [-0.1, -0.05) is 0 Å². The molecule has 0 aromatic heterocycles. The van der Waals surface area contributed by atoms with Gasteiger partial charge < -0.3 is 4.74 Å². The molecule has 7 heavy (non-hydrogen) atoms. The monoisotopic (exact) mass is 120 g/mol. The van der Waals surface area contributed by atoms with Crippen LogP contribution in [0.15, 0.2) is 0 Å². The fourth-order valence-electron chi connectivity index (χ4n) is 0.350. The van der Waals surface area contributed by atoms with Crippen LogP contribution in [0.5, 0.6) is 0 Å². The predicted molar refractivity (Wildman–Crippen MR) is 24.4 cm³/mol. The number of rotatable bonds is 0. The van der Waals surface area contributed by atoms with E-state index in [4.69, 9.17) is 0 Å². The summed E-state index contributed by atoms with van der Waals surface area (Å²) < 4.78 is 14.5. The third-order valence-corrected chi connectivity index (χ3v) is 1.70. The molecule has 1 aliphatic heterocycles. The molecular weight excluding hydrogens is 116 g/mol. The lowest BCUT2D eigenvalue weighted by atomic mass is 10.9. The van der Waals surface area contributed by atoms with Gasteiger partial charge in [-0.3, -0.25) is 0 Å². The van der Waals surface area contributed by atoms with Gasteiger partial charge in [-0.05, 0) is 0 Å². The van der Waals surface area contributed by atoms with Gasteiger partial charge in [0.15, 0.2) is 0 Å². The van der Waals surface area contributed by atoms with E-state index >= 15 is 0 Å². The molecule has 3 nitrogen and oxygen atoms in total. The molecule has 1 heterocycles. The third kappa shape index (κ3) is 0.796. The molecule has 1 fully saturated rings. The van der Waals surface area contributed by atoms with Gasteiger partial charge in [-0.15, -0.1) is 0 Å². The Balaban J connectivity index is 2.65. The van der Waals surface area contributed by atoms with Crippen molar-refractivity contribution < 1.29 is 13.7 Å². The molecule has 0 aromatic carbocycles. The fourth-order valence-corrected chi connectivity index (χ4v) is 0.966. The molecule has 1 aliphatic rings. The average Bonchev–Trinajstić information content (AvgIpc) is 1.91. The summed E-state index contributed by atoms with van der Waals surface area (Å²) in [6.45, 7) is 0.325. The van der Waals surface area contributed by atoms with Crippen molar-refractivity contribution in [2.75, 3.05) is 12.4 Å². The summed E-state index contributed by atoms with van der Waals surface area (Å²) >= 11 is 0.